The molecule has 0 N–H and O–H groups in total. The maximum Gasteiger partial charge on any atom is 0.258 e. The highest BCUT2D eigenvalue weighted by Gasteiger charge is 2.18. The monoisotopic (exact) mass is 387 g/mol. The Morgan fingerprint density at radius 1 is 1.03 bits per heavy atom. The Balaban J connectivity index is 1.34. The molecule has 0 aliphatic carbocycles. The molecule has 0 spiro atoms. The Hall–Kier alpha value is -3.48. The number of aryl methyl sites for hydroxylation is 1. The molecule has 0 unspecified atom stereocenters. The lowest BCUT2D eigenvalue weighted by Crippen LogP contribution is -2.28. The fourth-order valence-corrected chi connectivity index (χ4v) is 3.76. The maximum absolute atomic E-state index is 12.3. The molecule has 146 valence electrons. The minimum atomic E-state index is 0.223. The summed E-state index contributed by atoms with van der Waals surface area (Å²) in [4.78, 5) is 23.3. The van der Waals surface area contributed by atoms with E-state index in [2.05, 4.69) is 15.1 Å². The standard InChI is InChI=1S/C22H21N5O2/c28-20(26-11-4-5-12-26)10-13-27-15-23-18-14-17(8-9-19(18)27)21-24-22(29-25-21)16-6-2-1-3-7-16/h1-3,6-9,14-15H,4-5,10-13H2. The number of hydrogen-bond acceptors (Lipinski definition) is 5. The van der Waals surface area contributed by atoms with E-state index in [-0.39, 0.29) is 5.91 Å². The summed E-state index contributed by atoms with van der Waals surface area (Å²) in [5.74, 6) is 1.25. The Morgan fingerprint density at radius 3 is 2.69 bits per heavy atom. The molecule has 0 radical (unpaired) electrons. The summed E-state index contributed by atoms with van der Waals surface area (Å²) >= 11 is 0. The molecule has 7 heteroatoms. The molecule has 0 saturated carbocycles. The molecule has 0 bridgehead atoms. The van der Waals surface area contributed by atoms with Gasteiger partial charge in [-0.3, -0.25) is 4.79 Å². The molecule has 1 saturated heterocycles. The zero-order valence-electron chi connectivity index (χ0n) is 16.0. The van der Waals surface area contributed by atoms with Crippen molar-refractivity contribution < 1.29 is 9.32 Å². The molecule has 1 aliphatic heterocycles. The first-order valence-electron chi connectivity index (χ1n) is 9.90. The van der Waals surface area contributed by atoms with Crippen LogP contribution in [0, 0.1) is 0 Å². The highest BCUT2D eigenvalue weighted by molar-refractivity contribution is 5.81. The second kappa shape index (κ2) is 7.50. The minimum absolute atomic E-state index is 0.223. The van der Waals surface area contributed by atoms with Crippen molar-refractivity contribution in [3.8, 4) is 22.8 Å². The third kappa shape index (κ3) is 3.51. The van der Waals surface area contributed by atoms with Crippen LogP contribution >= 0.6 is 0 Å². The third-order valence-electron chi connectivity index (χ3n) is 5.35. The average molecular weight is 387 g/mol. The van der Waals surface area contributed by atoms with Gasteiger partial charge in [-0.05, 0) is 43.2 Å². The van der Waals surface area contributed by atoms with Crippen LogP contribution in [0.25, 0.3) is 33.9 Å². The number of hydrogen-bond donors (Lipinski definition) is 0. The van der Waals surface area contributed by atoms with Crippen LogP contribution in [0.5, 0.6) is 0 Å². The summed E-state index contributed by atoms with van der Waals surface area (Å²) in [6, 6.07) is 15.6. The van der Waals surface area contributed by atoms with E-state index < -0.39 is 0 Å². The number of amides is 1. The van der Waals surface area contributed by atoms with Crippen molar-refractivity contribution in [3.63, 3.8) is 0 Å². The summed E-state index contributed by atoms with van der Waals surface area (Å²) < 4.78 is 7.43. The average Bonchev–Trinajstić information content (AvgIpc) is 3.53. The first kappa shape index (κ1) is 17.6. The van der Waals surface area contributed by atoms with Gasteiger partial charge in [0.15, 0.2) is 0 Å². The predicted molar refractivity (Wildman–Crippen MR) is 109 cm³/mol. The summed E-state index contributed by atoms with van der Waals surface area (Å²) in [5, 5.41) is 4.11. The Morgan fingerprint density at radius 2 is 1.86 bits per heavy atom. The highest BCUT2D eigenvalue weighted by atomic mass is 16.5. The van der Waals surface area contributed by atoms with Crippen LogP contribution in [0.3, 0.4) is 0 Å². The van der Waals surface area contributed by atoms with Crippen LogP contribution in [0.1, 0.15) is 19.3 Å². The van der Waals surface area contributed by atoms with E-state index in [4.69, 9.17) is 4.52 Å². The lowest BCUT2D eigenvalue weighted by atomic mass is 10.2. The van der Waals surface area contributed by atoms with E-state index in [1.54, 1.807) is 6.33 Å². The van der Waals surface area contributed by atoms with Crippen molar-refractivity contribution in [2.45, 2.75) is 25.8 Å². The van der Waals surface area contributed by atoms with Crippen molar-refractivity contribution in [1.29, 1.82) is 0 Å². The number of imidazole rings is 1. The van der Waals surface area contributed by atoms with E-state index in [1.807, 2.05) is 58.0 Å². The summed E-state index contributed by atoms with van der Waals surface area (Å²) in [6.45, 7) is 2.41. The second-order valence-electron chi connectivity index (χ2n) is 7.27. The van der Waals surface area contributed by atoms with Crippen LogP contribution in [0.4, 0.5) is 0 Å². The molecule has 3 heterocycles. The molecule has 4 aromatic rings. The first-order valence-corrected chi connectivity index (χ1v) is 9.90. The van der Waals surface area contributed by atoms with Crippen LogP contribution in [-0.4, -0.2) is 43.6 Å². The van der Waals surface area contributed by atoms with Crippen molar-refractivity contribution >= 4 is 16.9 Å². The Labute approximate surface area is 168 Å². The van der Waals surface area contributed by atoms with Gasteiger partial charge in [0.05, 0.1) is 17.4 Å². The Bertz CT molecular complexity index is 1140. The smallest absolute Gasteiger partial charge is 0.258 e. The highest BCUT2D eigenvalue weighted by Crippen LogP contribution is 2.25. The summed E-state index contributed by atoms with van der Waals surface area (Å²) in [5.41, 5.74) is 3.58. The van der Waals surface area contributed by atoms with Gasteiger partial charge in [0, 0.05) is 37.2 Å². The van der Waals surface area contributed by atoms with Crippen molar-refractivity contribution in [3.05, 3.63) is 54.9 Å². The van der Waals surface area contributed by atoms with E-state index in [0.717, 1.165) is 48.1 Å². The molecule has 29 heavy (non-hydrogen) atoms. The molecule has 0 atom stereocenters. The van der Waals surface area contributed by atoms with Gasteiger partial charge in [0.25, 0.3) is 5.89 Å². The van der Waals surface area contributed by atoms with Gasteiger partial charge >= 0.3 is 0 Å². The molecular formula is C22H21N5O2. The molecule has 1 aliphatic rings. The molecule has 1 fully saturated rings. The number of carbonyl (C=O) groups is 1. The van der Waals surface area contributed by atoms with Gasteiger partial charge in [0.1, 0.15) is 0 Å². The molecule has 7 nitrogen and oxygen atoms in total. The van der Waals surface area contributed by atoms with Gasteiger partial charge in [-0.1, -0.05) is 23.4 Å². The van der Waals surface area contributed by atoms with Crippen LogP contribution in [0.15, 0.2) is 59.4 Å². The molecular weight excluding hydrogens is 366 g/mol. The van der Waals surface area contributed by atoms with E-state index in [9.17, 15) is 4.79 Å². The second-order valence-corrected chi connectivity index (χ2v) is 7.27. The van der Waals surface area contributed by atoms with Crippen molar-refractivity contribution in [1.82, 2.24) is 24.6 Å². The van der Waals surface area contributed by atoms with Crippen LogP contribution in [0.2, 0.25) is 0 Å². The number of likely N-dealkylation sites (tertiary alicyclic amines) is 1. The quantitative estimate of drug-likeness (QED) is 0.521. The van der Waals surface area contributed by atoms with Crippen molar-refractivity contribution in [2.24, 2.45) is 0 Å². The number of nitrogens with zero attached hydrogens (tertiary/aromatic N) is 5. The summed E-state index contributed by atoms with van der Waals surface area (Å²) in [6.07, 6.45) is 4.52. The van der Waals surface area contributed by atoms with Crippen molar-refractivity contribution in [2.75, 3.05) is 13.1 Å². The summed E-state index contributed by atoms with van der Waals surface area (Å²) in [7, 11) is 0. The molecule has 2 aromatic heterocycles. The van der Waals surface area contributed by atoms with Crippen LogP contribution < -0.4 is 0 Å². The number of benzene rings is 2. The predicted octanol–water partition coefficient (Wildman–Crippen LogP) is 3.77. The largest absolute Gasteiger partial charge is 0.343 e. The fraction of sp³-hybridized carbons (Fsp3) is 0.273. The zero-order valence-corrected chi connectivity index (χ0v) is 16.0. The number of rotatable bonds is 5. The van der Waals surface area contributed by atoms with Gasteiger partial charge in [-0.15, -0.1) is 0 Å². The van der Waals surface area contributed by atoms with E-state index in [0.29, 0.717) is 24.7 Å². The number of carbonyl (C=O) groups excluding carboxylic acids is 1. The van der Waals surface area contributed by atoms with Gasteiger partial charge < -0.3 is 14.0 Å². The molecule has 1 amide bonds. The third-order valence-corrected chi connectivity index (χ3v) is 5.35. The lowest BCUT2D eigenvalue weighted by Gasteiger charge is -2.15. The minimum Gasteiger partial charge on any atom is -0.343 e. The Kier molecular flexibility index (Phi) is 4.56. The van der Waals surface area contributed by atoms with E-state index in [1.165, 1.54) is 0 Å². The zero-order chi connectivity index (χ0) is 19.6. The fourth-order valence-electron chi connectivity index (χ4n) is 3.76. The lowest BCUT2D eigenvalue weighted by molar-refractivity contribution is -0.130. The van der Waals surface area contributed by atoms with Crippen LogP contribution in [-0.2, 0) is 11.3 Å². The molecule has 2 aromatic carbocycles. The van der Waals surface area contributed by atoms with Gasteiger partial charge in [-0.2, -0.15) is 4.98 Å². The normalized spacial score (nSPS) is 14.0. The van der Waals surface area contributed by atoms with E-state index >= 15 is 0 Å². The maximum atomic E-state index is 12.3. The van der Waals surface area contributed by atoms with Gasteiger partial charge in [0.2, 0.25) is 11.7 Å². The SMILES string of the molecule is O=C(CCn1cnc2cc(-c3noc(-c4ccccc4)n3)ccc21)N1CCCC1. The number of aromatic nitrogens is 4. The molecule has 5 rings (SSSR count). The number of fused-ring (bicyclic) bond motifs is 1. The topological polar surface area (TPSA) is 77.0 Å². The van der Waals surface area contributed by atoms with Gasteiger partial charge in [-0.25, -0.2) is 4.98 Å². The first-order chi connectivity index (χ1) is 14.3.